The molecule has 0 bridgehead atoms. The maximum atomic E-state index is 2.33. The summed E-state index contributed by atoms with van der Waals surface area (Å²) in [5.74, 6) is 0. The zero-order chi connectivity index (χ0) is 34.2. The minimum absolute atomic E-state index is 1.22. The van der Waals surface area contributed by atoms with Gasteiger partial charge in [-0.3, -0.25) is 0 Å². The van der Waals surface area contributed by atoms with E-state index in [2.05, 4.69) is 198 Å². The molecule has 8 rings (SSSR count). The fourth-order valence-electron chi connectivity index (χ4n) is 7.52. The molecule has 0 aliphatic carbocycles. The van der Waals surface area contributed by atoms with Crippen LogP contribution in [0.1, 0.15) is 36.1 Å². The van der Waals surface area contributed by atoms with Gasteiger partial charge in [0.25, 0.3) is 0 Å². The molecule has 0 atom stereocenters. The molecule has 0 saturated heterocycles. The third-order valence-corrected chi connectivity index (χ3v) is 10.3. The molecule has 0 N–H and O–H groups in total. The van der Waals surface area contributed by atoms with E-state index in [0.717, 1.165) is 0 Å². The SMILES string of the molecule is C/C=C\c1cc(-c2ccc(-c3ccc4ccc(-c5ccc(-c6cc7ccccc7c7ccccc67)cc5)cc4c3)cc2)c(/C=C\C)c(C)c1C. The molecule has 240 valence electrons. The van der Waals surface area contributed by atoms with Crippen LogP contribution in [0, 0.1) is 13.8 Å². The summed E-state index contributed by atoms with van der Waals surface area (Å²) in [5, 5.41) is 7.65. The lowest BCUT2D eigenvalue weighted by atomic mass is 9.88. The molecule has 0 aliphatic rings. The summed E-state index contributed by atoms with van der Waals surface area (Å²) in [6, 6.07) is 53.9. The summed E-state index contributed by atoms with van der Waals surface area (Å²) in [5.41, 5.74) is 15.1. The van der Waals surface area contributed by atoms with Crippen LogP contribution in [-0.4, -0.2) is 0 Å². The van der Waals surface area contributed by atoms with Crippen LogP contribution < -0.4 is 0 Å². The first-order valence-electron chi connectivity index (χ1n) is 17.6. The Bertz CT molecular complexity index is 2590. The molecule has 0 aromatic heterocycles. The predicted octanol–water partition coefficient (Wildman–Crippen LogP) is 14.5. The van der Waals surface area contributed by atoms with Gasteiger partial charge in [0.1, 0.15) is 0 Å². The van der Waals surface area contributed by atoms with Gasteiger partial charge in [0, 0.05) is 0 Å². The molecule has 0 aliphatic heterocycles. The summed E-state index contributed by atoms with van der Waals surface area (Å²) in [4.78, 5) is 0. The van der Waals surface area contributed by atoms with Crippen molar-refractivity contribution in [2.45, 2.75) is 27.7 Å². The number of rotatable bonds is 6. The number of allylic oxidation sites excluding steroid dienone is 2. The molecule has 0 amide bonds. The standard InChI is InChI=1S/C50H40/c1-5-11-40-31-49(45(12-6-2)34(4)33(40)3)38-23-17-35(18-24-38)41-27-21-37-22-28-42(30-44(37)29-41)36-19-25-39(26-20-36)50-32-43-13-7-8-14-46(43)47-15-9-10-16-48(47)50/h5-32H,1-4H3/b11-5-,12-6-. The van der Waals surface area contributed by atoms with Gasteiger partial charge < -0.3 is 0 Å². The van der Waals surface area contributed by atoms with E-state index in [4.69, 9.17) is 0 Å². The first kappa shape index (κ1) is 31.3. The highest BCUT2D eigenvalue weighted by Gasteiger charge is 2.13. The molecule has 0 saturated carbocycles. The van der Waals surface area contributed by atoms with Gasteiger partial charge in [0.05, 0.1) is 0 Å². The van der Waals surface area contributed by atoms with Crippen molar-refractivity contribution >= 4 is 44.5 Å². The molecule has 0 heteroatoms. The second-order valence-corrected chi connectivity index (χ2v) is 13.3. The van der Waals surface area contributed by atoms with Crippen LogP contribution in [0.3, 0.4) is 0 Å². The number of fused-ring (bicyclic) bond motifs is 4. The molecule has 0 radical (unpaired) electrons. The Morgan fingerprint density at radius 3 is 1.50 bits per heavy atom. The van der Waals surface area contributed by atoms with E-state index in [-0.39, 0.29) is 0 Å². The minimum atomic E-state index is 1.22. The molecule has 0 fully saturated rings. The Morgan fingerprint density at radius 2 is 0.880 bits per heavy atom. The van der Waals surface area contributed by atoms with Gasteiger partial charge in [-0.1, -0.05) is 146 Å². The van der Waals surface area contributed by atoms with Crippen molar-refractivity contribution in [3.05, 3.63) is 180 Å². The van der Waals surface area contributed by atoms with Gasteiger partial charge in [0.2, 0.25) is 0 Å². The topological polar surface area (TPSA) is 0 Å². The van der Waals surface area contributed by atoms with E-state index in [1.807, 2.05) is 0 Å². The maximum absolute atomic E-state index is 2.33. The average molecular weight is 641 g/mol. The van der Waals surface area contributed by atoms with Crippen LogP contribution in [0.5, 0.6) is 0 Å². The summed E-state index contributed by atoms with van der Waals surface area (Å²) in [7, 11) is 0. The first-order chi connectivity index (χ1) is 24.5. The van der Waals surface area contributed by atoms with E-state index in [1.165, 1.54) is 99.1 Å². The van der Waals surface area contributed by atoms with E-state index in [0.29, 0.717) is 0 Å². The van der Waals surface area contributed by atoms with Crippen molar-refractivity contribution in [1.29, 1.82) is 0 Å². The van der Waals surface area contributed by atoms with Crippen LogP contribution in [0.25, 0.3) is 89.0 Å². The van der Waals surface area contributed by atoms with Crippen molar-refractivity contribution < 1.29 is 0 Å². The lowest BCUT2D eigenvalue weighted by Gasteiger charge is -2.16. The largest absolute Gasteiger partial charge is 0.0871 e. The third kappa shape index (κ3) is 5.63. The van der Waals surface area contributed by atoms with E-state index in [9.17, 15) is 0 Å². The van der Waals surface area contributed by atoms with Crippen LogP contribution >= 0.6 is 0 Å². The zero-order valence-corrected chi connectivity index (χ0v) is 29.2. The van der Waals surface area contributed by atoms with Crippen LogP contribution in [-0.2, 0) is 0 Å². The fraction of sp³-hybridized carbons (Fsp3) is 0.0800. The highest BCUT2D eigenvalue weighted by atomic mass is 14.2. The Balaban J connectivity index is 1.11. The van der Waals surface area contributed by atoms with Crippen molar-refractivity contribution in [3.8, 4) is 44.5 Å². The fourth-order valence-corrected chi connectivity index (χ4v) is 7.52. The third-order valence-electron chi connectivity index (χ3n) is 10.3. The van der Waals surface area contributed by atoms with Crippen LogP contribution in [0.4, 0.5) is 0 Å². The van der Waals surface area contributed by atoms with Gasteiger partial charge in [-0.2, -0.15) is 0 Å². The highest BCUT2D eigenvalue weighted by Crippen LogP contribution is 2.37. The summed E-state index contributed by atoms with van der Waals surface area (Å²) in [6.45, 7) is 8.63. The predicted molar refractivity (Wildman–Crippen MR) is 220 cm³/mol. The van der Waals surface area contributed by atoms with Gasteiger partial charge in [0.15, 0.2) is 0 Å². The molecule has 8 aromatic rings. The highest BCUT2D eigenvalue weighted by molar-refractivity contribution is 6.13. The number of benzene rings is 8. The molecule has 0 spiro atoms. The van der Waals surface area contributed by atoms with Crippen molar-refractivity contribution in [3.63, 3.8) is 0 Å². The minimum Gasteiger partial charge on any atom is -0.0871 e. The summed E-state index contributed by atoms with van der Waals surface area (Å²) < 4.78 is 0. The summed E-state index contributed by atoms with van der Waals surface area (Å²) in [6.07, 6.45) is 8.71. The van der Waals surface area contributed by atoms with Gasteiger partial charge in [-0.15, -0.1) is 0 Å². The average Bonchev–Trinajstić information content (AvgIpc) is 3.17. The van der Waals surface area contributed by atoms with E-state index in [1.54, 1.807) is 0 Å². The second-order valence-electron chi connectivity index (χ2n) is 13.3. The maximum Gasteiger partial charge on any atom is -0.00990 e. The van der Waals surface area contributed by atoms with Crippen molar-refractivity contribution in [2.24, 2.45) is 0 Å². The van der Waals surface area contributed by atoms with E-state index < -0.39 is 0 Å². The van der Waals surface area contributed by atoms with E-state index >= 15 is 0 Å². The van der Waals surface area contributed by atoms with Gasteiger partial charge in [-0.05, 0) is 151 Å². The van der Waals surface area contributed by atoms with Crippen LogP contribution in [0.2, 0.25) is 0 Å². The molecule has 50 heavy (non-hydrogen) atoms. The second kappa shape index (κ2) is 13.1. The molecule has 0 nitrogen and oxygen atoms in total. The monoisotopic (exact) mass is 640 g/mol. The molecular formula is C50H40. The van der Waals surface area contributed by atoms with Gasteiger partial charge >= 0.3 is 0 Å². The normalized spacial score (nSPS) is 11.8. The number of hydrogen-bond acceptors (Lipinski definition) is 0. The van der Waals surface area contributed by atoms with Gasteiger partial charge in [-0.25, -0.2) is 0 Å². The lowest BCUT2D eigenvalue weighted by Crippen LogP contribution is -1.95. The first-order valence-corrected chi connectivity index (χ1v) is 17.6. The molecule has 8 aromatic carbocycles. The van der Waals surface area contributed by atoms with Crippen molar-refractivity contribution in [2.75, 3.05) is 0 Å². The molecule has 0 unspecified atom stereocenters. The van der Waals surface area contributed by atoms with Crippen LogP contribution in [0.15, 0.2) is 158 Å². The number of hydrogen-bond donors (Lipinski definition) is 0. The Hall–Kier alpha value is -5.98. The Labute approximate surface area is 295 Å². The molecular weight excluding hydrogens is 601 g/mol. The zero-order valence-electron chi connectivity index (χ0n) is 29.2. The Morgan fingerprint density at radius 1 is 0.360 bits per heavy atom. The Kier molecular flexibility index (Phi) is 8.23. The molecule has 0 heterocycles. The quantitative estimate of drug-likeness (QED) is 0.159. The smallest absolute Gasteiger partial charge is 0.00990 e. The van der Waals surface area contributed by atoms with Crippen molar-refractivity contribution in [1.82, 2.24) is 0 Å². The lowest BCUT2D eigenvalue weighted by molar-refractivity contribution is 1.31. The summed E-state index contributed by atoms with van der Waals surface area (Å²) >= 11 is 0.